The molecule has 0 aromatic carbocycles. The summed E-state index contributed by atoms with van der Waals surface area (Å²) in [7, 11) is 0. The highest BCUT2D eigenvalue weighted by molar-refractivity contribution is 4.86. The lowest BCUT2D eigenvalue weighted by Gasteiger charge is -2.34. The molecule has 0 unspecified atom stereocenters. The van der Waals surface area contributed by atoms with Gasteiger partial charge in [0.1, 0.15) is 0 Å². The summed E-state index contributed by atoms with van der Waals surface area (Å²) in [5, 5.41) is 3.55. The van der Waals surface area contributed by atoms with Crippen LogP contribution in [0.15, 0.2) is 12.7 Å². The van der Waals surface area contributed by atoms with Crippen LogP contribution in [0.3, 0.4) is 0 Å². The Labute approximate surface area is 75.0 Å². The van der Waals surface area contributed by atoms with E-state index in [0.717, 1.165) is 39.0 Å². The topological polar surface area (TPSA) is 21.3 Å². The van der Waals surface area contributed by atoms with Crippen LogP contribution in [0.25, 0.3) is 0 Å². The predicted molar refractivity (Wildman–Crippen MR) is 51.3 cm³/mol. The van der Waals surface area contributed by atoms with Crippen molar-refractivity contribution in [3.63, 3.8) is 0 Å². The number of rotatable bonds is 4. The molecule has 1 heterocycles. The van der Waals surface area contributed by atoms with Crippen LogP contribution in [-0.2, 0) is 4.74 Å². The van der Waals surface area contributed by atoms with E-state index in [-0.39, 0.29) is 0 Å². The maximum absolute atomic E-state index is 5.31. The molecule has 0 spiro atoms. The molecule has 1 fully saturated rings. The Morgan fingerprint density at radius 1 is 1.50 bits per heavy atom. The van der Waals surface area contributed by atoms with E-state index in [1.54, 1.807) is 0 Å². The molecular weight excluding hydrogens is 150 g/mol. The molecule has 1 aliphatic heterocycles. The predicted octanol–water partition coefficient (Wildman–Crippen LogP) is 1.72. The molecule has 1 aliphatic rings. The molecule has 0 aromatic rings. The molecule has 2 nitrogen and oxygen atoms in total. The van der Waals surface area contributed by atoms with Crippen molar-refractivity contribution in [3.8, 4) is 0 Å². The third-order valence-electron chi connectivity index (χ3n) is 2.50. The van der Waals surface area contributed by atoms with Gasteiger partial charge in [-0.15, -0.1) is 6.58 Å². The van der Waals surface area contributed by atoms with Crippen molar-refractivity contribution in [2.45, 2.75) is 31.7 Å². The van der Waals surface area contributed by atoms with Crippen molar-refractivity contribution in [2.75, 3.05) is 19.8 Å². The molecule has 0 amide bonds. The molecule has 0 atom stereocenters. The summed E-state index contributed by atoms with van der Waals surface area (Å²) in [5.41, 5.74) is 0.307. The minimum Gasteiger partial charge on any atom is -0.381 e. The third-order valence-corrected chi connectivity index (χ3v) is 2.50. The maximum atomic E-state index is 5.31. The van der Waals surface area contributed by atoms with Crippen LogP contribution in [0, 0.1) is 0 Å². The van der Waals surface area contributed by atoms with Crippen LogP contribution in [0.2, 0.25) is 0 Å². The molecule has 70 valence electrons. The van der Waals surface area contributed by atoms with Crippen molar-refractivity contribution in [1.82, 2.24) is 5.32 Å². The highest BCUT2D eigenvalue weighted by Crippen LogP contribution is 2.19. The van der Waals surface area contributed by atoms with Gasteiger partial charge >= 0.3 is 0 Å². The Bertz CT molecular complexity index is 139. The van der Waals surface area contributed by atoms with Gasteiger partial charge in [-0.1, -0.05) is 6.08 Å². The normalized spacial score (nSPS) is 22.1. The number of ether oxygens (including phenoxy) is 1. The van der Waals surface area contributed by atoms with Gasteiger partial charge in [0, 0.05) is 18.8 Å². The lowest BCUT2D eigenvalue weighted by atomic mass is 9.92. The van der Waals surface area contributed by atoms with Crippen molar-refractivity contribution in [1.29, 1.82) is 0 Å². The zero-order valence-electron chi connectivity index (χ0n) is 7.94. The first-order valence-corrected chi connectivity index (χ1v) is 4.70. The fraction of sp³-hybridized carbons (Fsp3) is 0.800. The van der Waals surface area contributed by atoms with E-state index in [1.807, 2.05) is 6.08 Å². The van der Waals surface area contributed by atoms with Gasteiger partial charge in [0.2, 0.25) is 0 Å². The lowest BCUT2D eigenvalue weighted by Crippen LogP contribution is -2.46. The number of hydrogen-bond donors (Lipinski definition) is 1. The van der Waals surface area contributed by atoms with Crippen LogP contribution in [0.5, 0.6) is 0 Å². The van der Waals surface area contributed by atoms with Gasteiger partial charge in [0.05, 0.1) is 0 Å². The van der Waals surface area contributed by atoms with Crippen LogP contribution in [-0.4, -0.2) is 25.3 Å². The summed E-state index contributed by atoms with van der Waals surface area (Å²) in [6, 6.07) is 0. The Morgan fingerprint density at radius 3 is 2.75 bits per heavy atom. The van der Waals surface area contributed by atoms with Gasteiger partial charge in [-0.25, -0.2) is 0 Å². The van der Waals surface area contributed by atoms with Crippen LogP contribution < -0.4 is 5.32 Å². The molecule has 1 saturated heterocycles. The second kappa shape index (κ2) is 4.63. The number of hydrogen-bond acceptors (Lipinski definition) is 2. The van der Waals surface area contributed by atoms with Crippen LogP contribution >= 0.6 is 0 Å². The summed E-state index contributed by atoms with van der Waals surface area (Å²) < 4.78 is 5.31. The van der Waals surface area contributed by atoms with Crippen LogP contribution in [0.4, 0.5) is 0 Å². The average Bonchev–Trinajstić information content (AvgIpc) is 2.06. The SMILES string of the molecule is C=CCCNC1(C)CCOCC1. The molecule has 0 saturated carbocycles. The molecular formula is C10H19NO. The minimum atomic E-state index is 0.307. The zero-order valence-corrected chi connectivity index (χ0v) is 7.94. The average molecular weight is 169 g/mol. The van der Waals surface area contributed by atoms with Gasteiger partial charge in [0.15, 0.2) is 0 Å². The summed E-state index contributed by atoms with van der Waals surface area (Å²) >= 11 is 0. The second-order valence-corrected chi connectivity index (χ2v) is 3.68. The zero-order chi connectivity index (χ0) is 8.86. The molecule has 0 bridgehead atoms. The van der Waals surface area contributed by atoms with E-state index in [2.05, 4.69) is 18.8 Å². The van der Waals surface area contributed by atoms with Gasteiger partial charge in [-0.3, -0.25) is 0 Å². The van der Waals surface area contributed by atoms with Gasteiger partial charge in [-0.05, 0) is 32.7 Å². The van der Waals surface area contributed by atoms with Crippen LogP contribution in [0.1, 0.15) is 26.2 Å². The van der Waals surface area contributed by atoms with Gasteiger partial charge in [-0.2, -0.15) is 0 Å². The van der Waals surface area contributed by atoms with E-state index in [9.17, 15) is 0 Å². The van der Waals surface area contributed by atoms with E-state index < -0.39 is 0 Å². The first-order chi connectivity index (χ1) is 5.77. The molecule has 12 heavy (non-hydrogen) atoms. The van der Waals surface area contributed by atoms with Crippen molar-refractivity contribution >= 4 is 0 Å². The fourth-order valence-electron chi connectivity index (χ4n) is 1.47. The molecule has 1 rings (SSSR count). The molecule has 0 aliphatic carbocycles. The summed E-state index contributed by atoms with van der Waals surface area (Å²) in [5.74, 6) is 0. The highest BCUT2D eigenvalue weighted by atomic mass is 16.5. The maximum Gasteiger partial charge on any atom is 0.0483 e. The molecule has 0 radical (unpaired) electrons. The van der Waals surface area contributed by atoms with Crippen molar-refractivity contribution < 1.29 is 4.74 Å². The second-order valence-electron chi connectivity index (χ2n) is 3.68. The highest BCUT2D eigenvalue weighted by Gasteiger charge is 2.25. The van der Waals surface area contributed by atoms with Crippen molar-refractivity contribution in [3.05, 3.63) is 12.7 Å². The monoisotopic (exact) mass is 169 g/mol. The largest absolute Gasteiger partial charge is 0.381 e. The standard InChI is InChI=1S/C10H19NO/c1-3-4-7-11-10(2)5-8-12-9-6-10/h3,11H,1,4-9H2,2H3. The van der Waals surface area contributed by atoms with E-state index in [1.165, 1.54) is 0 Å². The van der Waals surface area contributed by atoms with Crippen molar-refractivity contribution in [2.24, 2.45) is 0 Å². The summed E-state index contributed by atoms with van der Waals surface area (Å²) in [6.07, 6.45) is 5.26. The van der Waals surface area contributed by atoms with E-state index >= 15 is 0 Å². The molecule has 1 N–H and O–H groups in total. The first-order valence-electron chi connectivity index (χ1n) is 4.70. The Kier molecular flexibility index (Phi) is 3.76. The molecule has 2 heteroatoms. The Morgan fingerprint density at radius 2 is 2.17 bits per heavy atom. The quantitative estimate of drug-likeness (QED) is 0.511. The Hall–Kier alpha value is -0.340. The third kappa shape index (κ3) is 2.95. The van der Waals surface area contributed by atoms with E-state index in [4.69, 9.17) is 4.74 Å². The van der Waals surface area contributed by atoms with E-state index in [0.29, 0.717) is 5.54 Å². The summed E-state index contributed by atoms with van der Waals surface area (Å²) in [4.78, 5) is 0. The fourth-order valence-corrected chi connectivity index (χ4v) is 1.47. The first kappa shape index (κ1) is 9.75. The summed E-state index contributed by atoms with van der Waals surface area (Å²) in [6.45, 7) is 8.82. The smallest absolute Gasteiger partial charge is 0.0483 e. The van der Waals surface area contributed by atoms with Gasteiger partial charge < -0.3 is 10.1 Å². The number of nitrogens with one attached hydrogen (secondary N) is 1. The van der Waals surface area contributed by atoms with Gasteiger partial charge in [0.25, 0.3) is 0 Å². The molecule has 0 aromatic heterocycles. The minimum absolute atomic E-state index is 0.307. The Balaban J connectivity index is 2.21. The lowest BCUT2D eigenvalue weighted by molar-refractivity contribution is 0.0457.